The van der Waals surface area contributed by atoms with Crippen molar-refractivity contribution in [3.8, 4) is 11.5 Å². The van der Waals surface area contributed by atoms with Crippen LogP contribution in [0.1, 0.15) is 5.56 Å². The topological polar surface area (TPSA) is 47.6 Å². The van der Waals surface area contributed by atoms with Crippen molar-refractivity contribution in [2.45, 2.75) is 12.5 Å². The molecule has 0 aromatic heterocycles. The van der Waals surface area contributed by atoms with E-state index in [9.17, 15) is 9.18 Å². The standard InChI is InChI=1S/C17H16FNO3/c18-13-5-3-4-12(10-13)8-9-19-17(20)16-11-21-14-6-1-2-7-15(14)22-16/h1-7,10,16H,8-9,11H2,(H,19,20)/t16-/m1/s1. The quantitative estimate of drug-likeness (QED) is 0.943. The molecule has 2 aromatic rings. The molecule has 1 amide bonds. The van der Waals surface area contributed by atoms with E-state index in [0.29, 0.717) is 24.5 Å². The summed E-state index contributed by atoms with van der Waals surface area (Å²) < 4.78 is 24.2. The van der Waals surface area contributed by atoms with Gasteiger partial charge in [-0.3, -0.25) is 4.79 Å². The lowest BCUT2D eigenvalue weighted by Crippen LogP contribution is -2.44. The summed E-state index contributed by atoms with van der Waals surface area (Å²) in [6, 6.07) is 13.6. The molecule has 1 atom stereocenters. The summed E-state index contributed by atoms with van der Waals surface area (Å²) in [5, 5.41) is 2.78. The van der Waals surface area contributed by atoms with Crippen LogP contribution in [0.2, 0.25) is 0 Å². The van der Waals surface area contributed by atoms with Crippen LogP contribution in [0.3, 0.4) is 0 Å². The number of halogens is 1. The molecule has 0 spiro atoms. The number of amides is 1. The Hall–Kier alpha value is -2.56. The van der Waals surface area contributed by atoms with Crippen molar-refractivity contribution in [3.05, 3.63) is 59.9 Å². The average molecular weight is 301 g/mol. The Bertz CT molecular complexity index is 674. The van der Waals surface area contributed by atoms with Gasteiger partial charge in [0.15, 0.2) is 11.5 Å². The van der Waals surface area contributed by atoms with Crippen LogP contribution >= 0.6 is 0 Å². The van der Waals surface area contributed by atoms with E-state index >= 15 is 0 Å². The van der Waals surface area contributed by atoms with Gasteiger partial charge in [0.05, 0.1) is 0 Å². The van der Waals surface area contributed by atoms with Crippen molar-refractivity contribution in [2.24, 2.45) is 0 Å². The van der Waals surface area contributed by atoms with Gasteiger partial charge in [0, 0.05) is 6.54 Å². The minimum absolute atomic E-state index is 0.183. The zero-order valence-electron chi connectivity index (χ0n) is 11.9. The Kier molecular flexibility index (Phi) is 4.23. The molecule has 5 heteroatoms. The smallest absolute Gasteiger partial charge is 0.264 e. The number of para-hydroxylation sites is 2. The molecule has 1 heterocycles. The molecule has 3 rings (SSSR count). The molecule has 1 aliphatic heterocycles. The van der Waals surface area contributed by atoms with Gasteiger partial charge in [-0.05, 0) is 36.2 Å². The monoisotopic (exact) mass is 301 g/mol. The summed E-state index contributed by atoms with van der Waals surface area (Å²) >= 11 is 0. The van der Waals surface area contributed by atoms with Gasteiger partial charge in [-0.1, -0.05) is 24.3 Å². The number of nitrogens with one attached hydrogen (secondary N) is 1. The third-order valence-corrected chi connectivity index (χ3v) is 3.40. The molecule has 4 nitrogen and oxygen atoms in total. The maximum absolute atomic E-state index is 13.1. The van der Waals surface area contributed by atoms with Gasteiger partial charge in [-0.15, -0.1) is 0 Å². The number of hydrogen-bond acceptors (Lipinski definition) is 3. The Balaban J connectivity index is 1.51. The first-order valence-electron chi connectivity index (χ1n) is 7.13. The number of carbonyl (C=O) groups excluding carboxylic acids is 1. The SMILES string of the molecule is O=C(NCCc1cccc(F)c1)[C@H]1COc2ccccc2O1. The zero-order chi connectivity index (χ0) is 15.4. The molecule has 0 bridgehead atoms. The molecule has 0 radical (unpaired) electrons. The van der Waals surface area contributed by atoms with Gasteiger partial charge in [0.1, 0.15) is 12.4 Å². The highest BCUT2D eigenvalue weighted by Crippen LogP contribution is 2.30. The maximum Gasteiger partial charge on any atom is 0.264 e. The first-order valence-corrected chi connectivity index (χ1v) is 7.13. The van der Waals surface area contributed by atoms with Crippen LogP contribution in [0.25, 0.3) is 0 Å². The molecule has 0 saturated carbocycles. The third kappa shape index (κ3) is 3.36. The molecule has 114 valence electrons. The molecule has 2 aromatic carbocycles. The van der Waals surface area contributed by atoms with Gasteiger partial charge >= 0.3 is 0 Å². The highest BCUT2D eigenvalue weighted by atomic mass is 19.1. The number of rotatable bonds is 4. The van der Waals surface area contributed by atoms with Crippen molar-refractivity contribution in [3.63, 3.8) is 0 Å². The summed E-state index contributed by atoms with van der Waals surface area (Å²) in [5.41, 5.74) is 0.839. The second-order valence-electron chi connectivity index (χ2n) is 5.04. The molecule has 1 aliphatic rings. The lowest BCUT2D eigenvalue weighted by Gasteiger charge is -2.25. The number of benzene rings is 2. The number of fused-ring (bicyclic) bond motifs is 1. The molecule has 0 fully saturated rings. The van der Waals surface area contributed by atoms with E-state index in [-0.39, 0.29) is 18.3 Å². The molecule has 0 aliphatic carbocycles. The van der Waals surface area contributed by atoms with Crippen LogP contribution in [-0.4, -0.2) is 25.2 Å². The largest absolute Gasteiger partial charge is 0.485 e. The predicted octanol–water partition coefficient (Wildman–Crippen LogP) is 2.32. The third-order valence-electron chi connectivity index (χ3n) is 3.40. The van der Waals surface area contributed by atoms with Crippen LogP contribution in [0.5, 0.6) is 11.5 Å². The van der Waals surface area contributed by atoms with Crippen LogP contribution < -0.4 is 14.8 Å². The van der Waals surface area contributed by atoms with Crippen LogP contribution in [-0.2, 0) is 11.2 Å². The summed E-state index contributed by atoms with van der Waals surface area (Å²) in [4.78, 5) is 12.1. The minimum atomic E-state index is -0.664. The van der Waals surface area contributed by atoms with Crippen LogP contribution in [0.4, 0.5) is 4.39 Å². The molecule has 0 unspecified atom stereocenters. The lowest BCUT2D eigenvalue weighted by atomic mass is 10.1. The Morgan fingerprint density at radius 2 is 2.00 bits per heavy atom. The van der Waals surface area contributed by atoms with Crippen molar-refractivity contribution in [2.75, 3.05) is 13.2 Å². The predicted molar refractivity (Wildman–Crippen MR) is 79.5 cm³/mol. The lowest BCUT2D eigenvalue weighted by molar-refractivity contribution is -0.130. The van der Waals surface area contributed by atoms with E-state index in [4.69, 9.17) is 9.47 Å². The van der Waals surface area contributed by atoms with E-state index in [1.807, 2.05) is 18.2 Å². The summed E-state index contributed by atoms with van der Waals surface area (Å²) in [6.45, 7) is 0.604. The highest BCUT2D eigenvalue weighted by molar-refractivity contribution is 5.81. The first-order chi connectivity index (χ1) is 10.7. The van der Waals surface area contributed by atoms with Crippen molar-refractivity contribution < 1.29 is 18.7 Å². The molecular formula is C17H16FNO3. The Morgan fingerprint density at radius 3 is 2.82 bits per heavy atom. The average Bonchev–Trinajstić information content (AvgIpc) is 2.54. The van der Waals surface area contributed by atoms with Gasteiger partial charge in [-0.25, -0.2) is 4.39 Å². The maximum atomic E-state index is 13.1. The first kappa shape index (κ1) is 14.4. The van der Waals surface area contributed by atoms with Crippen molar-refractivity contribution >= 4 is 5.91 Å². The van der Waals surface area contributed by atoms with Gasteiger partial charge < -0.3 is 14.8 Å². The fraction of sp³-hybridized carbons (Fsp3) is 0.235. The number of ether oxygens (including phenoxy) is 2. The summed E-state index contributed by atoms with van der Waals surface area (Å²) in [5.74, 6) is 0.709. The summed E-state index contributed by atoms with van der Waals surface area (Å²) in [7, 11) is 0. The number of hydrogen-bond donors (Lipinski definition) is 1. The number of carbonyl (C=O) groups is 1. The van der Waals surface area contributed by atoms with E-state index in [1.165, 1.54) is 12.1 Å². The molecule has 22 heavy (non-hydrogen) atoms. The fourth-order valence-electron chi connectivity index (χ4n) is 2.29. The highest BCUT2D eigenvalue weighted by Gasteiger charge is 2.26. The van der Waals surface area contributed by atoms with E-state index in [0.717, 1.165) is 5.56 Å². The van der Waals surface area contributed by atoms with Crippen LogP contribution in [0, 0.1) is 5.82 Å². The normalized spacial score (nSPS) is 16.1. The fourth-order valence-corrected chi connectivity index (χ4v) is 2.29. The Morgan fingerprint density at radius 1 is 1.18 bits per heavy atom. The van der Waals surface area contributed by atoms with E-state index in [1.54, 1.807) is 18.2 Å². The summed E-state index contributed by atoms with van der Waals surface area (Å²) in [6.07, 6.45) is -0.101. The second-order valence-corrected chi connectivity index (χ2v) is 5.04. The van der Waals surface area contributed by atoms with Crippen LogP contribution in [0.15, 0.2) is 48.5 Å². The van der Waals surface area contributed by atoms with Gasteiger partial charge in [-0.2, -0.15) is 0 Å². The van der Waals surface area contributed by atoms with Crippen molar-refractivity contribution in [1.82, 2.24) is 5.32 Å². The zero-order valence-corrected chi connectivity index (χ0v) is 11.9. The van der Waals surface area contributed by atoms with Gasteiger partial charge in [0.25, 0.3) is 5.91 Å². The minimum Gasteiger partial charge on any atom is -0.485 e. The molecule has 0 saturated heterocycles. The molecule has 1 N–H and O–H groups in total. The van der Waals surface area contributed by atoms with Gasteiger partial charge in [0.2, 0.25) is 6.10 Å². The Labute approximate surface area is 127 Å². The second kappa shape index (κ2) is 6.47. The van der Waals surface area contributed by atoms with E-state index < -0.39 is 6.10 Å². The van der Waals surface area contributed by atoms with Crippen molar-refractivity contribution in [1.29, 1.82) is 0 Å². The van der Waals surface area contributed by atoms with E-state index in [2.05, 4.69) is 5.32 Å². The molecular weight excluding hydrogens is 285 g/mol.